The van der Waals surface area contributed by atoms with Crippen molar-refractivity contribution >= 4 is 23.5 Å². The molecule has 1 aliphatic heterocycles. The van der Waals surface area contributed by atoms with E-state index in [0.717, 1.165) is 24.9 Å². The smallest absolute Gasteiger partial charge is 0.343 e. The minimum atomic E-state index is -0.632. The number of nitrogens with zero attached hydrogens (tertiary/aromatic N) is 3. The van der Waals surface area contributed by atoms with E-state index in [1.807, 2.05) is 37.3 Å². The Morgan fingerprint density at radius 3 is 2.69 bits per heavy atom. The van der Waals surface area contributed by atoms with Gasteiger partial charge in [-0.25, -0.2) is 9.48 Å². The Morgan fingerprint density at radius 1 is 1.27 bits per heavy atom. The van der Waals surface area contributed by atoms with E-state index in [2.05, 4.69) is 5.10 Å². The van der Waals surface area contributed by atoms with Crippen molar-refractivity contribution in [1.82, 2.24) is 14.7 Å². The number of esters is 1. The Bertz CT molecular complexity index is 804. The number of ether oxygens (including phenoxy) is 1. The van der Waals surface area contributed by atoms with Crippen LogP contribution in [0.1, 0.15) is 42.2 Å². The van der Waals surface area contributed by atoms with Crippen LogP contribution in [-0.2, 0) is 9.53 Å². The fourth-order valence-corrected chi connectivity index (χ4v) is 3.57. The molecule has 1 aromatic heterocycles. The van der Waals surface area contributed by atoms with Gasteiger partial charge in [-0.15, -0.1) is 0 Å². The summed E-state index contributed by atoms with van der Waals surface area (Å²) >= 11 is 6.35. The lowest BCUT2D eigenvalue weighted by Gasteiger charge is -2.33. The van der Waals surface area contributed by atoms with Gasteiger partial charge >= 0.3 is 5.97 Å². The SMILES string of the molecule is Cc1nn(-c2ccccc2)c(Cl)c1C(=O)OCC(=O)N1CCCC[C@H]1C. The van der Waals surface area contributed by atoms with Crippen LogP contribution in [0.3, 0.4) is 0 Å². The maximum Gasteiger partial charge on any atom is 0.343 e. The standard InChI is InChI=1S/C19H22ClN3O3/c1-13-8-6-7-11-22(13)16(24)12-26-19(25)17-14(2)21-23(18(17)20)15-9-4-3-5-10-15/h3-5,9-10,13H,6-8,11-12H2,1-2H3/t13-/m1/s1. The van der Waals surface area contributed by atoms with Crippen molar-refractivity contribution in [2.24, 2.45) is 0 Å². The average Bonchev–Trinajstić information content (AvgIpc) is 2.95. The molecule has 138 valence electrons. The number of amides is 1. The second-order valence-electron chi connectivity index (χ2n) is 6.51. The van der Waals surface area contributed by atoms with E-state index < -0.39 is 5.97 Å². The van der Waals surface area contributed by atoms with Gasteiger partial charge in [-0.05, 0) is 45.2 Å². The zero-order valence-corrected chi connectivity index (χ0v) is 15.7. The number of benzene rings is 1. The van der Waals surface area contributed by atoms with Gasteiger partial charge < -0.3 is 9.64 Å². The van der Waals surface area contributed by atoms with E-state index in [0.29, 0.717) is 12.2 Å². The third kappa shape index (κ3) is 3.75. The van der Waals surface area contributed by atoms with Crippen LogP contribution in [0, 0.1) is 6.92 Å². The zero-order valence-electron chi connectivity index (χ0n) is 14.9. The normalized spacial score (nSPS) is 17.2. The van der Waals surface area contributed by atoms with Gasteiger partial charge in [-0.2, -0.15) is 5.10 Å². The number of aryl methyl sites for hydroxylation is 1. The Morgan fingerprint density at radius 2 is 2.00 bits per heavy atom. The van der Waals surface area contributed by atoms with Crippen LogP contribution >= 0.6 is 11.6 Å². The molecule has 0 saturated carbocycles. The molecular weight excluding hydrogens is 354 g/mol. The number of halogens is 1. The molecule has 1 fully saturated rings. The Balaban J connectivity index is 1.70. The molecular formula is C19H22ClN3O3. The highest BCUT2D eigenvalue weighted by molar-refractivity contribution is 6.33. The van der Waals surface area contributed by atoms with Crippen molar-refractivity contribution in [3.8, 4) is 5.69 Å². The van der Waals surface area contributed by atoms with Gasteiger partial charge in [0.25, 0.3) is 5.91 Å². The fraction of sp³-hybridized carbons (Fsp3) is 0.421. The predicted octanol–water partition coefficient (Wildman–Crippen LogP) is 3.39. The summed E-state index contributed by atoms with van der Waals surface area (Å²) in [5.41, 5.74) is 1.40. The highest BCUT2D eigenvalue weighted by atomic mass is 35.5. The molecule has 0 radical (unpaired) electrons. The molecule has 1 saturated heterocycles. The van der Waals surface area contributed by atoms with Gasteiger partial charge in [0.15, 0.2) is 6.61 Å². The number of likely N-dealkylation sites (tertiary alicyclic amines) is 1. The van der Waals surface area contributed by atoms with Gasteiger partial charge in [0.1, 0.15) is 10.7 Å². The van der Waals surface area contributed by atoms with Crippen molar-refractivity contribution in [2.75, 3.05) is 13.2 Å². The van der Waals surface area contributed by atoms with Crippen molar-refractivity contribution in [2.45, 2.75) is 39.2 Å². The van der Waals surface area contributed by atoms with Crippen molar-refractivity contribution < 1.29 is 14.3 Å². The van der Waals surface area contributed by atoms with Gasteiger partial charge in [-0.3, -0.25) is 4.79 Å². The molecule has 0 aliphatic carbocycles. The van der Waals surface area contributed by atoms with Crippen LogP contribution in [0.4, 0.5) is 0 Å². The fourth-order valence-electron chi connectivity index (χ4n) is 3.22. The third-order valence-corrected chi connectivity index (χ3v) is 5.01. The highest BCUT2D eigenvalue weighted by Crippen LogP contribution is 2.24. The number of hydrogen-bond acceptors (Lipinski definition) is 4. The lowest BCUT2D eigenvalue weighted by atomic mass is 10.0. The van der Waals surface area contributed by atoms with Crippen LogP contribution in [0.2, 0.25) is 5.15 Å². The molecule has 0 spiro atoms. The second kappa shape index (κ2) is 7.91. The Hall–Kier alpha value is -2.34. The summed E-state index contributed by atoms with van der Waals surface area (Å²) < 4.78 is 6.72. The van der Waals surface area contributed by atoms with Crippen molar-refractivity contribution in [3.05, 3.63) is 46.7 Å². The molecule has 2 aromatic rings. The number of aromatic nitrogens is 2. The first-order valence-electron chi connectivity index (χ1n) is 8.76. The summed E-state index contributed by atoms with van der Waals surface area (Å²) in [6.45, 7) is 4.14. The van der Waals surface area contributed by atoms with E-state index in [4.69, 9.17) is 16.3 Å². The first kappa shape index (κ1) is 18.5. The maximum atomic E-state index is 12.5. The second-order valence-corrected chi connectivity index (χ2v) is 6.86. The molecule has 6 nitrogen and oxygen atoms in total. The minimum absolute atomic E-state index is 0.172. The molecule has 0 bridgehead atoms. The van der Waals surface area contributed by atoms with Crippen LogP contribution in [0.15, 0.2) is 30.3 Å². The molecule has 0 N–H and O–H groups in total. The van der Waals surface area contributed by atoms with Crippen molar-refractivity contribution in [3.63, 3.8) is 0 Å². The summed E-state index contributed by atoms with van der Waals surface area (Å²) in [5.74, 6) is -0.803. The number of rotatable bonds is 4. The van der Waals surface area contributed by atoms with Crippen LogP contribution in [0.5, 0.6) is 0 Å². The van der Waals surface area contributed by atoms with Crippen LogP contribution in [0.25, 0.3) is 5.69 Å². The molecule has 7 heteroatoms. The number of carbonyl (C=O) groups is 2. The Labute approximate surface area is 157 Å². The summed E-state index contributed by atoms with van der Waals surface area (Å²) in [6, 6.07) is 9.47. The highest BCUT2D eigenvalue weighted by Gasteiger charge is 2.26. The molecule has 26 heavy (non-hydrogen) atoms. The minimum Gasteiger partial charge on any atom is -0.452 e. The number of para-hydroxylation sites is 1. The zero-order chi connectivity index (χ0) is 18.7. The Kier molecular flexibility index (Phi) is 5.61. The summed E-state index contributed by atoms with van der Waals surface area (Å²) in [7, 11) is 0. The van der Waals surface area contributed by atoms with Gasteiger partial charge in [-0.1, -0.05) is 29.8 Å². The molecule has 1 aliphatic rings. The molecule has 1 atom stereocenters. The summed E-state index contributed by atoms with van der Waals surface area (Å²) in [4.78, 5) is 26.6. The first-order chi connectivity index (χ1) is 12.5. The largest absolute Gasteiger partial charge is 0.452 e. The van der Waals surface area contributed by atoms with Gasteiger partial charge in [0, 0.05) is 12.6 Å². The first-order valence-corrected chi connectivity index (χ1v) is 9.14. The van der Waals surface area contributed by atoms with E-state index in [1.54, 1.807) is 11.8 Å². The third-order valence-electron chi connectivity index (χ3n) is 4.66. The van der Waals surface area contributed by atoms with E-state index in [-0.39, 0.29) is 29.3 Å². The molecule has 2 heterocycles. The topological polar surface area (TPSA) is 64.4 Å². The molecule has 3 rings (SSSR count). The van der Waals surface area contributed by atoms with E-state index in [1.165, 1.54) is 4.68 Å². The predicted molar refractivity (Wildman–Crippen MR) is 98.6 cm³/mol. The van der Waals surface area contributed by atoms with E-state index >= 15 is 0 Å². The molecule has 1 amide bonds. The molecule has 1 aromatic carbocycles. The lowest BCUT2D eigenvalue weighted by Crippen LogP contribution is -2.44. The van der Waals surface area contributed by atoms with Gasteiger partial charge in [0.05, 0.1) is 11.4 Å². The van der Waals surface area contributed by atoms with Crippen LogP contribution in [-0.4, -0.2) is 45.8 Å². The summed E-state index contributed by atoms with van der Waals surface area (Å²) in [6.07, 6.45) is 3.09. The number of carbonyl (C=O) groups excluding carboxylic acids is 2. The maximum absolute atomic E-state index is 12.5. The monoisotopic (exact) mass is 375 g/mol. The lowest BCUT2D eigenvalue weighted by molar-refractivity contribution is -0.137. The van der Waals surface area contributed by atoms with E-state index in [9.17, 15) is 9.59 Å². The summed E-state index contributed by atoms with van der Waals surface area (Å²) in [5, 5.41) is 4.50. The number of hydrogen-bond donors (Lipinski definition) is 0. The number of piperidine rings is 1. The van der Waals surface area contributed by atoms with Gasteiger partial charge in [0.2, 0.25) is 0 Å². The quantitative estimate of drug-likeness (QED) is 0.768. The average molecular weight is 376 g/mol. The van der Waals surface area contributed by atoms with Crippen molar-refractivity contribution in [1.29, 1.82) is 0 Å². The molecule has 0 unspecified atom stereocenters. The van der Waals surface area contributed by atoms with Crippen LogP contribution < -0.4 is 0 Å².